The minimum atomic E-state index is -0.862. The van der Waals surface area contributed by atoms with Crippen molar-refractivity contribution in [1.29, 1.82) is 0 Å². The number of hydrogen-bond donors (Lipinski definition) is 1. The standard InChI is InChI=1S/C23H16BrClN2O4/c1-31-16-5-6-18(25)17(12-16)21(28)19-20(13-7-9-26-10-8-13)27(23(30)22(19)29)15-4-2-3-14(24)11-15/h2-12,20,28H,1H3/b21-19+. The van der Waals surface area contributed by atoms with Crippen LogP contribution >= 0.6 is 27.5 Å². The predicted octanol–water partition coefficient (Wildman–Crippen LogP) is 5.13. The molecule has 31 heavy (non-hydrogen) atoms. The van der Waals surface area contributed by atoms with Crippen LogP contribution in [-0.2, 0) is 9.59 Å². The molecule has 0 saturated carbocycles. The lowest BCUT2D eigenvalue weighted by molar-refractivity contribution is -0.132. The number of anilines is 1. The van der Waals surface area contributed by atoms with Crippen LogP contribution in [0, 0.1) is 0 Å². The average Bonchev–Trinajstić information content (AvgIpc) is 3.05. The van der Waals surface area contributed by atoms with Gasteiger partial charge in [-0.25, -0.2) is 0 Å². The molecule has 2 aromatic carbocycles. The Morgan fingerprint density at radius 3 is 2.55 bits per heavy atom. The molecule has 156 valence electrons. The highest BCUT2D eigenvalue weighted by Crippen LogP contribution is 2.43. The number of amides is 1. The van der Waals surface area contributed by atoms with Gasteiger partial charge in [0.2, 0.25) is 0 Å². The molecule has 0 bridgehead atoms. The highest BCUT2D eigenvalue weighted by molar-refractivity contribution is 9.10. The highest BCUT2D eigenvalue weighted by Gasteiger charge is 2.47. The quantitative estimate of drug-likeness (QED) is 0.306. The van der Waals surface area contributed by atoms with Gasteiger partial charge in [0.05, 0.1) is 23.7 Å². The number of hydrogen-bond acceptors (Lipinski definition) is 5. The Morgan fingerprint density at radius 1 is 1.13 bits per heavy atom. The van der Waals surface area contributed by atoms with Crippen LogP contribution in [-0.4, -0.2) is 28.9 Å². The fraction of sp³-hybridized carbons (Fsp3) is 0.0870. The van der Waals surface area contributed by atoms with Crippen molar-refractivity contribution in [2.75, 3.05) is 12.0 Å². The van der Waals surface area contributed by atoms with E-state index in [9.17, 15) is 14.7 Å². The highest BCUT2D eigenvalue weighted by atomic mass is 79.9. The largest absolute Gasteiger partial charge is 0.507 e. The maximum Gasteiger partial charge on any atom is 0.300 e. The van der Waals surface area contributed by atoms with E-state index in [1.807, 2.05) is 6.07 Å². The molecule has 1 aliphatic rings. The maximum absolute atomic E-state index is 13.1. The molecule has 3 aromatic rings. The molecule has 1 fully saturated rings. The molecule has 4 rings (SSSR count). The molecule has 1 atom stereocenters. The number of carbonyl (C=O) groups excluding carboxylic acids is 2. The number of aliphatic hydroxyl groups excluding tert-OH is 1. The smallest absolute Gasteiger partial charge is 0.300 e. The minimum Gasteiger partial charge on any atom is -0.507 e. The Hall–Kier alpha value is -3.16. The summed E-state index contributed by atoms with van der Waals surface area (Å²) in [5, 5.41) is 11.4. The van der Waals surface area contributed by atoms with Gasteiger partial charge in [-0.05, 0) is 54.1 Å². The molecular weight excluding hydrogens is 484 g/mol. The van der Waals surface area contributed by atoms with Gasteiger partial charge >= 0.3 is 0 Å². The molecule has 0 spiro atoms. The number of aromatic nitrogens is 1. The van der Waals surface area contributed by atoms with Crippen molar-refractivity contribution >= 4 is 50.7 Å². The molecule has 1 aromatic heterocycles. The Labute approximate surface area is 191 Å². The van der Waals surface area contributed by atoms with Crippen molar-refractivity contribution in [2.24, 2.45) is 0 Å². The third kappa shape index (κ3) is 3.82. The molecule has 8 heteroatoms. The van der Waals surface area contributed by atoms with Gasteiger partial charge in [0.1, 0.15) is 11.5 Å². The molecule has 1 unspecified atom stereocenters. The number of ether oxygens (including phenoxy) is 1. The van der Waals surface area contributed by atoms with Crippen LogP contribution in [0.2, 0.25) is 5.02 Å². The molecule has 0 aliphatic carbocycles. The number of halogens is 2. The molecular formula is C23H16BrClN2O4. The van der Waals surface area contributed by atoms with Crippen LogP contribution in [0.25, 0.3) is 5.76 Å². The number of Topliss-reactive ketones (excluding diaryl/α,β-unsaturated/α-hetero) is 1. The Kier molecular flexibility index (Phi) is 5.80. The number of rotatable bonds is 4. The van der Waals surface area contributed by atoms with Crippen molar-refractivity contribution in [3.8, 4) is 5.75 Å². The van der Waals surface area contributed by atoms with Crippen molar-refractivity contribution in [3.63, 3.8) is 0 Å². The average molecular weight is 500 g/mol. The van der Waals surface area contributed by atoms with Crippen LogP contribution in [0.4, 0.5) is 5.69 Å². The minimum absolute atomic E-state index is 0.0636. The van der Waals surface area contributed by atoms with Crippen LogP contribution < -0.4 is 9.64 Å². The first-order chi connectivity index (χ1) is 14.9. The van der Waals surface area contributed by atoms with Crippen LogP contribution in [0.5, 0.6) is 5.75 Å². The summed E-state index contributed by atoms with van der Waals surface area (Å²) in [6, 6.07) is 14.3. The van der Waals surface area contributed by atoms with Crippen LogP contribution in [0.1, 0.15) is 17.2 Å². The van der Waals surface area contributed by atoms with Crippen molar-refractivity contribution in [2.45, 2.75) is 6.04 Å². The van der Waals surface area contributed by atoms with Crippen molar-refractivity contribution < 1.29 is 19.4 Å². The molecule has 2 heterocycles. The second-order valence-corrected chi connectivity index (χ2v) is 8.10. The van der Waals surface area contributed by atoms with Gasteiger partial charge in [-0.2, -0.15) is 0 Å². The second kappa shape index (κ2) is 8.53. The Balaban J connectivity index is 1.97. The zero-order chi connectivity index (χ0) is 22.1. The monoisotopic (exact) mass is 498 g/mol. The van der Waals surface area contributed by atoms with Gasteiger partial charge in [-0.15, -0.1) is 0 Å². The third-order valence-electron chi connectivity index (χ3n) is 4.98. The number of carbonyl (C=O) groups is 2. The van der Waals surface area contributed by atoms with Gasteiger partial charge in [-0.1, -0.05) is 33.6 Å². The fourth-order valence-electron chi connectivity index (χ4n) is 3.54. The number of aliphatic hydroxyl groups is 1. The summed E-state index contributed by atoms with van der Waals surface area (Å²) in [5.41, 5.74) is 1.27. The summed E-state index contributed by atoms with van der Waals surface area (Å²) >= 11 is 9.70. The molecule has 1 N–H and O–H groups in total. The lowest BCUT2D eigenvalue weighted by Crippen LogP contribution is -2.29. The van der Waals surface area contributed by atoms with E-state index in [0.29, 0.717) is 17.0 Å². The number of nitrogens with zero attached hydrogens (tertiary/aromatic N) is 2. The molecule has 1 aliphatic heterocycles. The predicted molar refractivity (Wildman–Crippen MR) is 121 cm³/mol. The first kappa shape index (κ1) is 21.1. The van der Waals surface area contributed by atoms with Gasteiger partial charge < -0.3 is 9.84 Å². The number of pyridine rings is 1. The van der Waals surface area contributed by atoms with E-state index in [1.54, 1.807) is 54.9 Å². The Bertz CT molecular complexity index is 1210. The molecule has 1 amide bonds. The maximum atomic E-state index is 13.1. The van der Waals surface area contributed by atoms with Gasteiger partial charge in [-0.3, -0.25) is 19.5 Å². The summed E-state index contributed by atoms with van der Waals surface area (Å²) in [6.07, 6.45) is 3.13. The van der Waals surface area contributed by atoms with E-state index in [1.165, 1.54) is 18.1 Å². The summed E-state index contributed by atoms with van der Waals surface area (Å²) in [5.74, 6) is -1.48. The van der Waals surface area contributed by atoms with E-state index in [4.69, 9.17) is 16.3 Å². The summed E-state index contributed by atoms with van der Waals surface area (Å²) < 4.78 is 5.96. The molecule has 1 saturated heterocycles. The lowest BCUT2D eigenvalue weighted by Gasteiger charge is -2.25. The summed E-state index contributed by atoms with van der Waals surface area (Å²) in [4.78, 5) is 31.6. The summed E-state index contributed by atoms with van der Waals surface area (Å²) in [7, 11) is 1.48. The van der Waals surface area contributed by atoms with Crippen LogP contribution in [0.15, 0.2) is 77.0 Å². The van der Waals surface area contributed by atoms with Gasteiger partial charge in [0.25, 0.3) is 11.7 Å². The lowest BCUT2D eigenvalue weighted by atomic mass is 9.95. The van der Waals surface area contributed by atoms with Gasteiger partial charge in [0.15, 0.2) is 0 Å². The van der Waals surface area contributed by atoms with Crippen LogP contribution in [0.3, 0.4) is 0 Å². The van der Waals surface area contributed by atoms with E-state index < -0.39 is 17.7 Å². The zero-order valence-electron chi connectivity index (χ0n) is 16.3. The van der Waals surface area contributed by atoms with Gasteiger partial charge in [0, 0.05) is 28.1 Å². The first-order valence-electron chi connectivity index (χ1n) is 9.22. The topological polar surface area (TPSA) is 79.7 Å². The zero-order valence-corrected chi connectivity index (χ0v) is 18.6. The fourth-order valence-corrected chi connectivity index (χ4v) is 4.14. The number of ketones is 1. The normalized spacial score (nSPS) is 17.8. The van der Waals surface area contributed by atoms with Crippen molar-refractivity contribution in [1.82, 2.24) is 4.98 Å². The molecule has 6 nitrogen and oxygen atoms in total. The SMILES string of the molecule is COc1ccc(Cl)c(/C(O)=C2\C(=O)C(=O)N(c3cccc(Br)c3)C2c2ccncc2)c1. The number of methoxy groups -OCH3 is 1. The second-order valence-electron chi connectivity index (χ2n) is 6.78. The summed E-state index contributed by atoms with van der Waals surface area (Å²) in [6.45, 7) is 0. The van der Waals surface area contributed by atoms with E-state index in [2.05, 4.69) is 20.9 Å². The molecule has 0 radical (unpaired) electrons. The first-order valence-corrected chi connectivity index (χ1v) is 10.4. The van der Waals surface area contributed by atoms with Crippen molar-refractivity contribution in [3.05, 3.63) is 93.2 Å². The number of benzene rings is 2. The third-order valence-corrected chi connectivity index (χ3v) is 5.80. The Morgan fingerprint density at radius 2 is 1.87 bits per heavy atom. The van der Waals surface area contributed by atoms with E-state index in [0.717, 1.165) is 4.47 Å². The van der Waals surface area contributed by atoms with E-state index in [-0.39, 0.29) is 21.9 Å². The van der Waals surface area contributed by atoms with E-state index >= 15 is 0 Å².